The van der Waals surface area contributed by atoms with Crippen molar-refractivity contribution in [1.29, 1.82) is 0 Å². The van der Waals surface area contributed by atoms with Crippen molar-refractivity contribution in [2.24, 2.45) is 0 Å². The molecule has 1 aromatic rings. The Morgan fingerprint density at radius 2 is 2.05 bits per heavy atom. The van der Waals surface area contributed by atoms with Crippen molar-refractivity contribution in [3.8, 4) is 0 Å². The van der Waals surface area contributed by atoms with Crippen LogP contribution < -0.4 is 5.32 Å². The van der Waals surface area contributed by atoms with Gasteiger partial charge < -0.3 is 10.1 Å². The number of amides is 1. The third-order valence-corrected chi connectivity index (χ3v) is 5.95. The van der Waals surface area contributed by atoms with E-state index in [4.69, 9.17) is 16.3 Å². The molecule has 0 radical (unpaired) electrons. The highest BCUT2D eigenvalue weighted by molar-refractivity contribution is 7.14. The molecule has 4 nitrogen and oxygen atoms in total. The Hall–Kier alpha value is -0.620. The molecular weight excluding hydrogens is 320 g/mol. The zero-order chi connectivity index (χ0) is 15.4. The molecule has 3 heterocycles. The Balaban J connectivity index is 1.66. The Morgan fingerprint density at radius 3 is 2.68 bits per heavy atom. The van der Waals surface area contributed by atoms with E-state index in [0.717, 1.165) is 39.1 Å². The van der Waals surface area contributed by atoms with Gasteiger partial charge in [-0.15, -0.1) is 11.3 Å². The van der Waals surface area contributed by atoms with E-state index in [2.05, 4.69) is 10.2 Å². The molecule has 1 N–H and O–H groups in total. The third kappa shape index (κ3) is 3.65. The van der Waals surface area contributed by atoms with Crippen molar-refractivity contribution in [2.45, 2.75) is 37.6 Å². The molecule has 0 atom stereocenters. The topological polar surface area (TPSA) is 41.6 Å². The summed E-state index contributed by atoms with van der Waals surface area (Å²) in [6.07, 6.45) is 5.84. The lowest BCUT2D eigenvalue weighted by Gasteiger charge is -2.48. The second kappa shape index (κ2) is 7.30. The second-order valence-corrected chi connectivity index (χ2v) is 7.75. The molecule has 0 unspecified atom stereocenters. The number of carbonyl (C=O) groups excluding carboxylic acids is 1. The quantitative estimate of drug-likeness (QED) is 0.913. The SMILES string of the molecule is O=C(NCC1(N2CCCCC2)CCOCC1)c1csc(Cl)c1. The Bertz CT molecular complexity index is 508. The molecule has 2 aliphatic rings. The van der Waals surface area contributed by atoms with Gasteiger partial charge in [-0.1, -0.05) is 18.0 Å². The highest BCUT2D eigenvalue weighted by atomic mass is 35.5. The van der Waals surface area contributed by atoms with Crippen LogP contribution in [0.4, 0.5) is 0 Å². The van der Waals surface area contributed by atoms with Crippen molar-refractivity contribution in [2.75, 3.05) is 32.8 Å². The normalized spacial score (nSPS) is 22.4. The number of ether oxygens (including phenoxy) is 1. The summed E-state index contributed by atoms with van der Waals surface area (Å²) in [5.41, 5.74) is 0.726. The van der Waals surface area contributed by atoms with Crippen LogP contribution in [0.2, 0.25) is 4.34 Å². The zero-order valence-electron chi connectivity index (χ0n) is 12.8. The number of nitrogens with one attached hydrogen (secondary N) is 1. The molecular formula is C16H23ClN2O2S. The lowest BCUT2D eigenvalue weighted by atomic mass is 9.86. The van der Waals surface area contributed by atoms with Crippen molar-refractivity contribution in [3.63, 3.8) is 0 Å². The van der Waals surface area contributed by atoms with Crippen LogP contribution in [-0.2, 0) is 4.74 Å². The van der Waals surface area contributed by atoms with Crippen LogP contribution in [0.5, 0.6) is 0 Å². The molecule has 122 valence electrons. The fourth-order valence-electron chi connectivity index (χ4n) is 3.50. The van der Waals surface area contributed by atoms with Gasteiger partial charge in [-0.25, -0.2) is 0 Å². The maximum absolute atomic E-state index is 12.3. The van der Waals surface area contributed by atoms with Crippen molar-refractivity contribution in [1.82, 2.24) is 10.2 Å². The van der Waals surface area contributed by atoms with Gasteiger partial charge in [0.15, 0.2) is 0 Å². The van der Waals surface area contributed by atoms with Gasteiger partial charge in [0.25, 0.3) is 5.91 Å². The first-order chi connectivity index (χ1) is 10.7. The van der Waals surface area contributed by atoms with Gasteiger partial charge >= 0.3 is 0 Å². The van der Waals surface area contributed by atoms with Crippen LogP contribution in [0.3, 0.4) is 0 Å². The van der Waals surface area contributed by atoms with Gasteiger partial charge in [-0.05, 0) is 44.8 Å². The van der Waals surface area contributed by atoms with Crippen molar-refractivity contribution < 1.29 is 9.53 Å². The van der Waals surface area contributed by atoms with Crippen LogP contribution in [0.1, 0.15) is 42.5 Å². The van der Waals surface area contributed by atoms with Crippen LogP contribution >= 0.6 is 22.9 Å². The predicted molar refractivity (Wildman–Crippen MR) is 89.9 cm³/mol. The summed E-state index contributed by atoms with van der Waals surface area (Å²) in [7, 11) is 0. The minimum atomic E-state index is -0.0222. The maximum atomic E-state index is 12.3. The van der Waals surface area contributed by atoms with E-state index in [9.17, 15) is 4.79 Å². The molecule has 2 saturated heterocycles. The number of hydrogen-bond acceptors (Lipinski definition) is 4. The fraction of sp³-hybridized carbons (Fsp3) is 0.688. The van der Waals surface area contributed by atoms with E-state index in [0.29, 0.717) is 16.4 Å². The summed E-state index contributed by atoms with van der Waals surface area (Å²) in [5, 5.41) is 4.95. The molecule has 2 aliphatic heterocycles. The van der Waals surface area contributed by atoms with Crippen LogP contribution in [0.25, 0.3) is 0 Å². The number of likely N-dealkylation sites (tertiary alicyclic amines) is 1. The average molecular weight is 343 g/mol. The van der Waals surface area contributed by atoms with Gasteiger partial charge in [0.05, 0.1) is 9.90 Å². The summed E-state index contributed by atoms with van der Waals surface area (Å²) >= 11 is 7.31. The Labute approximate surface area is 140 Å². The number of piperidine rings is 1. The zero-order valence-corrected chi connectivity index (χ0v) is 14.3. The highest BCUT2D eigenvalue weighted by Crippen LogP contribution is 2.30. The molecule has 2 fully saturated rings. The maximum Gasteiger partial charge on any atom is 0.252 e. The second-order valence-electron chi connectivity index (χ2n) is 6.21. The number of rotatable bonds is 4. The molecule has 0 bridgehead atoms. The van der Waals surface area contributed by atoms with Crippen molar-refractivity contribution in [3.05, 3.63) is 21.3 Å². The summed E-state index contributed by atoms with van der Waals surface area (Å²) in [5.74, 6) is -0.0222. The molecule has 3 rings (SSSR count). The third-order valence-electron chi connectivity index (χ3n) is 4.86. The standard InChI is InChI=1S/C16H23ClN2O2S/c17-14-10-13(11-22-14)15(20)18-12-16(4-8-21-9-5-16)19-6-2-1-3-7-19/h10-11H,1-9,12H2,(H,18,20). The number of halogens is 1. The van der Waals surface area contributed by atoms with Crippen molar-refractivity contribution >= 4 is 28.8 Å². The van der Waals surface area contributed by atoms with E-state index in [1.54, 1.807) is 6.07 Å². The Morgan fingerprint density at radius 1 is 1.32 bits per heavy atom. The molecule has 1 amide bonds. The van der Waals surface area contributed by atoms with E-state index in [1.807, 2.05) is 5.38 Å². The molecule has 0 spiro atoms. The van der Waals surface area contributed by atoms with Crippen LogP contribution in [0, 0.1) is 0 Å². The summed E-state index contributed by atoms with van der Waals surface area (Å²) in [4.78, 5) is 14.9. The first-order valence-electron chi connectivity index (χ1n) is 8.05. The highest BCUT2D eigenvalue weighted by Gasteiger charge is 2.39. The van der Waals surface area contributed by atoms with E-state index >= 15 is 0 Å². The van der Waals surface area contributed by atoms with E-state index < -0.39 is 0 Å². The van der Waals surface area contributed by atoms with Crippen LogP contribution in [0.15, 0.2) is 11.4 Å². The van der Waals surface area contributed by atoms with Gasteiger partial charge in [-0.3, -0.25) is 9.69 Å². The summed E-state index contributed by atoms with van der Waals surface area (Å²) in [6, 6.07) is 1.74. The molecule has 0 aromatic carbocycles. The first kappa shape index (κ1) is 16.2. The lowest BCUT2D eigenvalue weighted by Crippen LogP contribution is -2.59. The fourth-order valence-corrected chi connectivity index (χ4v) is 4.36. The molecule has 0 saturated carbocycles. The molecule has 22 heavy (non-hydrogen) atoms. The molecule has 1 aromatic heterocycles. The monoisotopic (exact) mass is 342 g/mol. The average Bonchev–Trinajstić information content (AvgIpc) is 3.01. The smallest absolute Gasteiger partial charge is 0.252 e. The Kier molecular flexibility index (Phi) is 5.39. The minimum absolute atomic E-state index is 0.0222. The van der Waals surface area contributed by atoms with Crippen LogP contribution in [-0.4, -0.2) is 49.2 Å². The van der Waals surface area contributed by atoms with E-state index in [1.165, 1.54) is 30.6 Å². The number of nitrogens with zero attached hydrogens (tertiary/aromatic N) is 1. The van der Waals surface area contributed by atoms with Gasteiger partial charge in [0.1, 0.15) is 0 Å². The molecule has 6 heteroatoms. The number of thiophene rings is 1. The minimum Gasteiger partial charge on any atom is -0.381 e. The number of hydrogen-bond donors (Lipinski definition) is 1. The summed E-state index contributed by atoms with van der Waals surface area (Å²) in [6.45, 7) is 4.55. The first-order valence-corrected chi connectivity index (χ1v) is 9.30. The van der Waals surface area contributed by atoms with Gasteiger partial charge in [-0.2, -0.15) is 0 Å². The van der Waals surface area contributed by atoms with Gasteiger partial charge in [0.2, 0.25) is 0 Å². The summed E-state index contributed by atoms with van der Waals surface area (Å²) < 4.78 is 6.21. The number of carbonyl (C=O) groups is 1. The largest absolute Gasteiger partial charge is 0.381 e. The molecule has 0 aliphatic carbocycles. The lowest BCUT2D eigenvalue weighted by molar-refractivity contribution is -0.0349. The van der Waals surface area contributed by atoms with Gasteiger partial charge in [0, 0.05) is 30.7 Å². The predicted octanol–water partition coefficient (Wildman–Crippen LogP) is 3.17. The van der Waals surface area contributed by atoms with E-state index in [-0.39, 0.29) is 11.4 Å².